The van der Waals surface area contributed by atoms with Gasteiger partial charge >= 0.3 is 0 Å². The Morgan fingerprint density at radius 3 is 2.68 bits per heavy atom. The van der Waals surface area contributed by atoms with Gasteiger partial charge in [-0.25, -0.2) is 5.43 Å². The van der Waals surface area contributed by atoms with Crippen LogP contribution in [-0.4, -0.2) is 37.5 Å². The highest BCUT2D eigenvalue weighted by Gasteiger charge is 2.21. The highest BCUT2D eigenvalue weighted by molar-refractivity contribution is 5.96. The van der Waals surface area contributed by atoms with Gasteiger partial charge in [0, 0.05) is 24.1 Å². The molecule has 118 valence electrons. The van der Waals surface area contributed by atoms with E-state index >= 15 is 0 Å². The van der Waals surface area contributed by atoms with Crippen LogP contribution in [0.1, 0.15) is 37.0 Å². The van der Waals surface area contributed by atoms with Gasteiger partial charge < -0.3 is 14.4 Å². The zero-order valence-corrected chi connectivity index (χ0v) is 13.0. The van der Waals surface area contributed by atoms with Crippen LogP contribution in [0.2, 0.25) is 0 Å². The van der Waals surface area contributed by atoms with Crippen LogP contribution in [0.4, 0.5) is 0 Å². The fraction of sp³-hybridized carbons (Fsp3) is 0.500. The Labute approximate surface area is 130 Å². The molecular formula is C16H22N3O3+. The number of hydrogen-bond acceptors (Lipinski definition) is 4. The van der Waals surface area contributed by atoms with E-state index in [0.29, 0.717) is 23.1 Å². The van der Waals surface area contributed by atoms with E-state index in [1.807, 2.05) is 0 Å². The summed E-state index contributed by atoms with van der Waals surface area (Å²) in [6.07, 6.45) is 1.88. The zero-order valence-electron chi connectivity index (χ0n) is 13.0. The third kappa shape index (κ3) is 3.22. The van der Waals surface area contributed by atoms with Crippen molar-refractivity contribution in [2.75, 3.05) is 19.9 Å². The van der Waals surface area contributed by atoms with Crippen molar-refractivity contribution >= 4 is 11.6 Å². The molecule has 2 heterocycles. The Morgan fingerprint density at radius 1 is 1.23 bits per heavy atom. The quantitative estimate of drug-likeness (QED) is 0.803. The molecule has 6 nitrogen and oxygen atoms in total. The lowest BCUT2D eigenvalue weighted by Gasteiger charge is -2.27. The second-order valence-electron chi connectivity index (χ2n) is 6.00. The number of fused-ring (bicyclic) bond motifs is 1. The van der Waals surface area contributed by atoms with Crippen LogP contribution in [0, 0.1) is 0 Å². The average Bonchev–Trinajstić information content (AvgIpc) is 3.00. The highest BCUT2D eigenvalue weighted by atomic mass is 16.7. The number of rotatable bonds is 3. The van der Waals surface area contributed by atoms with Gasteiger partial charge in [-0.05, 0) is 32.0 Å². The summed E-state index contributed by atoms with van der Waals surface area (Å²) in [5.74, 6) is 1.06. The number of piperidine rings is 1. The number of carbonyl (C=O) groups excluding carboxylic acids is 1. The lowest BCUT2D eigenvalue weighted by molar-refractivity contribution is -0.922. The summed E-state index contributed by atoms with van der Waals surface area (Å²) in [4.78, 5) is 13.7. The van der Waals surface area contributed by atoms with Gasteiger partial charge in [-0.3, -0.25) is 4.79 Å². The molecule has 6 heteroatoms. The van der Waals surface area contributed by atoms with Gasteiger partial charge in [-0.15, -0.1) is 0 Å². The molecule has 1 aromatic rings. The van der Waals surface area contributed by atoms with Crippen molar-refractivity contribution in [2.24, 2.45) is 5.10 Å². The van der Waals surface area contributed by atoms with Crippen molar-refractivity contribution < 1.29 is 19.2 Å². The maximum Gasteiger partial charge on any atom is 0.271 e. The van der Waals surface area contributed by atoms with Crippen molar-refractivity contribution in [3.63, 3.8) is 0 Å². The Bertz CT molecular complexity index is 588. The van der Waals surface area contributed by atoms with Crippen LogP contribution < -0.4 is 19.8 Å². The summed E-state index contributed by atoms with van der Waals surface area (Å²) in [5, 5.41) is 4.28. The average molecular weight is 304 g/mol. The molecule has 0 unspecified atom stereocenters. The summed E-state index contributed by atoms with van der Waals surface area (Å²) in [5.41, 5.74) is 4.24. The van der Waals surface area contributed by atoms with Crippen LogP contribution in [-0.2, 0) is 0 Å². The van der Waals surface area contributed by atoms with E-state index in [4.69, 9.17) is 9.47 Å². The molecule has 2 N–H and O–H groups in total. The normalized spacial score (nSPS) is 20.1. The van der Waals surface area contributed by atoms with E-state index in [1.165, 1.54) is 0 Å². The van der Waals surface area contributed by atoms with Gasteiger partial charge in [-0.1, -0.05) is 0 Å². The van der Waals surface area contributed by atoms with Gasteiger partial charge in [0.1, 0.15) is 0 Å². The Balaban J connectivity index is 1.57. The van der Waals surface area contributed by atoms with Crippen molar-refractivity contribution in [3.05, 3.63) is 23.8 Å². The molecule has 2 aliphatic rings. The molecule has 0 aliphatic carbocycles. The number of quaternary nitrogens is 1. The Morgan fingerprint density at radius 2 is 1.95 bits per heavy atom. The molecule has 22 heavy (non-hydrogen) atoms. The fourth-order valence-electron chi connectivity index (χ4n) is 2.78. The van der Waals surface area contributed by atoms with Gasteiger partial charge in [-0.2, -0.15) is 5.10 Å². The molecule has 0 radical (unpaired) electrons. The van der Waals surface area contributed by atoms with E-state index in [0.717, 1.165) is 31.6 Å². The largest absolute Gasteiger partial charge is 0.454 e. The monoisotopic (exact) mass is 304 g/mol. The molecule has 0 atom stereocenters. The summed E-state index contributed by atoms with van der Waals surface area (Å²) in [6, 6.07) is 5.79. The number of nitrogens with one attached hydrogen (secondary N) is 2. The minimum absolute atomic E-state index is 0.206. The second kappa shape index (κ2) is 6.36. The molecule has 1 amide bonds. The number of amides is 1. The van der Waals surface area contributed by atoms with E-state index in [-0.39, 0.29) is 12.7 Å². The van der Waals surface area contributed by atoms with Crippen molar-refractivity contribution in [3.8, 4) is 11.5 Å². The first-order valence-corrected chi connectivity index (χ1v) is 7.73. The van der Waals surface area contributed by atoms with Crippen molar-refractivity contribution in [1.82, 2.24) is 5.43 Å². The topological polar surface area (TPSA) is 64.4 Å². The summed E-state index contributed by atoms with van der Waals surface area (Å²) < 4.78 is 10.5. The van der Waals surface area contributed by atoms with Gasteiger partial charge in [0.05, 0.1) is 19.1 Å². The Hall–Kier alpha value is -2.08. The maximum atomic E-state index is 12.1. The van der Waals surface area contributed by atoms with Gasteiger partial charge in [0.25, 0.3) is 5.91 Å². The first kappa shape index (κ1) is 14.8. The fourth-order valence-corrected chi connectivity index (χ4v) is 2.78. The lowest BCUT2D eigenvalue weighted by Crippen LogP contribution is -3.16. The molecule has 0 saturated carbocycles. The number of hydrogen-bond donors (Lipinski definition) is 2. The third-order valence-electron chi connectivity index (χ3n) is 4.24. The molecule has 0 bridgehead atoms. The predicted molar refractivity (Wildman–Crippen MR) is 82.5 cm³/mol. The first-order valence-electron chi connectivity index (χ1n) is 7.73. The molecule has 1 fully saturated rings. The number of carbonyl (C=O) groups is 1. The molecular weight excluding hydrogens is 282 g/mol. The number of hydrazone groups is 1. The van der Waals surface area contributed by atoms with Crippen LogP contribution in [0.25, 0.3) is 0 Å². The molecule has 2 aliphatic heterocycles. The van der Waals surface area contributed by atoms with Crippen LogP contribution in [0.5, 0.6) is 11.5 Å². The number of nitrogens with zero attached hydrogens (tertiary/aromatic N) is 1. The number of benzene rings is 1. The van der Waals surface area contributed by atoms with Crippen molar-refractivity contribution in [2.45, 2.75) is 32.7 Å². The van der Waals surface area contributed by atoms with Crippen LogP contribution in [0.15, 0.2) is 23.3 Å². The lowest BCUT2D eigenvalue weighted by atomic mass is 10.1. The van der Waals surface area contributed by atoms with Gasteiger partial charge in [0.2, 0.25) is 6.79 Å². The van der Waals surface area contributed by atoms with Gasteiger partial charge in [0.15, 0.2) is 11.5 Å². The van der Waals surface area contributed by atoms with Crippen LogP contribution in [0.3, 0.4) is 0 Å². The zero-order chi connectivity index (χ0) is 15.5. The SMILES string of the molecule is CC(C)[NH+]1CCC(=NNC(=O)c2ccc3c(c2)OCO3)CC1. The highest BCUT2D eigenvalue weighted by Crippen LogP contribution is 2.32. The second-order valence-corrected chi connectivity index (χ2v) is 6.00. The molecule has 1 saturated heterocycles. The predicted octanol–water partition coefficient (Wildman–Crippen LogP) is 0.588. The smallest absolute Gasteiger partial charge is 0.271 e. The minimum atomic E-state index is -0.218. The van der Waals surface area contributed by atoms with E-state index in [1.54, 1.807) is 23.1 Å². The molecule has 1 aromatic carbocycles. The van der Waals surface area contributed by atoms with E-state index < -0.39 is 0 Å². The number of likely N-dealkylation sites (tertiary alicyclic amines) is 1. The summed E-state index contributed by atoms with van der Waals surface area (Å²) >= 11 is 0. The third-order valence-corrected chi connectivity index (χ3v) is 4.24. The van der Waals surface area contributed by atoms with Crippen molar-refractivity contribution in [1.29, 1.82) is 0 Å². The van der Waals surface area contributed by atoms with Crippen LogP contribution >= 0.6 is 0 Å². The first-order chi connectivity index (χ1) is 10.6. The number of ether oxygens (including phenoxy) is 2. The maximum absolute atomic E-state index is 12.1. The molecule has 3 rings (SSSR count). The molecule has 0 spiro atoms. The molecule has 0 aromatic heterocycles. The van der Waals surface area contributed by atoms with E-state index in [9.17, 15) is 4.79 Å². The summed E-state index contributed by atoms with van der Waals surface area (Å²) in [7, 11) is 0. The summed E-state index contributed by atoms with van der Waals surface area (Å²) in [6.45, 7) is 6.84. The standard InChI is InChI=1S/C16H21N3O3/c1-11(2)19-7-5-13(6-8-19)17-18-16(20)12-3-4-14-15(9-12)22-10-21-14/h3-4,9,11H,5-8,10H2,1-2H3,(H,18,20)/p+1. The van der Waals surface area contributed by atoms with E-state index in [2.05, 4.69) is 24.4 Å². The Kier molecular flexibility index (Phi) is 4.29. The minimum Gasteiger partial charge on any atom is -0.454 e.